The van der Waals surface area contributed by atoms with E-state index < -0.39 is 6.03 Å². The lowest BCUT2D eigenvalue weighted by atomic mass is 10.0. The molecule has 3 amide bonds. The Morgan fingerprint density at radius 3 is 2.96 bits per heavy atom. The number of rotatable bonds is 4. The second-order valence-electron chi connectivity index (χ2n) is 5.73. The van der Waals surface area contributed by atoms with Gasteiger partial charge in [0.05, 0.1) is 0 Å². The van der Waals surface area contributed by atoms with Crippen molar-refractivity contribution in [3.05, 3.63) is 41.7 Å². The molecule has 1 aliphatic heterocycles. The third kappa shape index (κ3) is 3.73. The number of aryl methyl sites for hydroxylation is 2. The number of fused-ring (bicyclic) bond motifs is 1. The van der Waals surface area contributed by atoms with Crippen molar-refractivity contribution in [2.45, 2.75) is 26.2 Å². The second-order valence-corrected chi connectivity index (χ2v) is 5.73. The van der Waals surface area contributed by atoms with Crippen molar-refractivity contribution in [2.75, 3.05) is 23.3 Å². The van der Waals surface area contributed by atoms with Gasteiger partial charge >= 0.3 is 6.03 Å². The van der Waals surface area contributed by atoms with E-state index in [4.69, 9.17) is 4.52 Å². The number of para-hydroxylation sites is 1. The lowest BCUT2D eigenvalue weighted by Gasteiger charge is -2.29. The minimum absolute atomic E-state index is 0.0136. The largest absolute Gasteiger partial charge is 0.360 e. The first-order chi connectivity index (χ1) is 11.6. The van der Waals surface area contributed by atoms with Gasteiger partial charge in [-0.25, -0.2) is 4.79 Å². The van der Waals surface area contributed by atoms with Crippen molar-refractivity contribution >= 4 is 23.4 Å². The predicted octanol–water partition coefficient (Wildman–Crippen LogP) is 2.47. The first-order valence-electron chi connectivity index (χ1n) is 8.00. The Morgan fingerprint density at radius 1 is 1.33 bits per heavy atom. The molecule has 0 fully saturated rings. The molecule has 0 saturated heterocycles. The maximum absolute atomic E-state index is 12.4. The Morgan fingerprint density at radius 2 is 2.17 bits per heavy atom. The van der Waals surface area contributed by atoms with Gasteiger partial charge in [-0.2, -0.15) is 0 Å². The van der Waals surface area contributed by atoms with Crippen LogP contribution in [0.4, 0.5) is 16.3 Å². The maximum atomic E-state index is 12.4. The highest BCUT2D eigenvalue weighted by atomic mass is 16.5. The minimum Gasteiger partial charge on any atom is -0.360 e. The summed E-state index contributed by atoms with van der Waals surface area (Å²) in [6.07, 6.45) is 2.21. The van der Waals surface area contributed by atoms with Gasteiger partial charge in [-0.1, -0.05) is 23.4 Å². The van der Waals surface area contributed by atoms with Crippen molar-refractivity contribution in [3.8, 4) is 0 Å². The van der Waals surface area contributed by atoms with Crippen LogP contribution in [0.1, 0.15) is 24.2 Å². The number of carbonyl (C=O) groups excluding carboxylic acids is 2. The second kappa shape index (κ2) is 7.16. The van der Waals surface area contributed by atoms with Gasteiger partial charge in [-0.15, -0.1) is 0 Å². The standard InChI is InChI=1S/C17H20N4O3/c1-12-11-15(20-24-12)19-17(23)18-9-8-16(22)21-10-4-6-13-5-2-3-7-14(13)21/h2-3,5,7,11H,4,6,8-10H2,1H3,(H2,18,19,20,23). The first-order valence-corrected chi connectivity index (χ1v) is 8.00. The number of benzene rings is 1. The molecule has 2 N–H and O–H groups in total. The zero-order valence-electron chi connectivity index (χ0n) is 13.5. The number of amides is 3. The fraction of sp³-hybridized carbons (Fsp3) is 0.353. The molecular formula is C17H20N4O3. The quantitative estimate of drug-likeness (QED) is 0.902. The van der Waals surface area contributed by atoms with Crippen LogP contribution in [0.2, 0.25) is 0 Å². The number of carbonyl (C=O) groups is 2. The number of nitrogens with zero attached hydrogens (tertiary/aromatic N) is 2. The molecule has 0 atom stereocenters. The van der Waals surface area contributed by atoms with Crippen molar-refractivity contribution in [3.63, 3.8) is 0 Å². The molecule has 24 heavy (non-hydrogen) atoms. The van der Waals surface area contributed by atoms with Crippen molar-refractivity contribution < 1.29 is 14.1 Å². The van der Waals surface area contributed by atoms with Crippen LogP contribution in [-0.2, 0) is 11.2 Å². The van der Waals surface area contributed by atoms with E-state index in [1.807, 2.05) is 18.2 Å². The van der Waals surface area contributed by atoms with Crippen molar-refractivity contribution in [1.29, 1.82) is 0 Å². The van der Waals surface area contributed by atoms with Crippen LogP contribution in [0.15, 0.2) is 34.9 Å². The van der Waals surface area contributed by atoms with Gasteiger partial charge in [0.2, 0.25) is 5.91 Å². The fourth-order valence-corrected chi connectivity index (χ4v) is 2.80. The predicted molar refractivity (Wildman–Crippen MR) is 90.0 cm³/mol. The van der Waals surface area contributed by atoms with Gasteiger partial charge < -0.3 is 14.7 Å². The zero-order valence-corrected chi connectivity index (χ0v) is 13.5. The van der Waals surface area contributed by atoms with E-state index in [1.165, 1.54) is 5.56 Å². The van der Waals surface area contributed by atoms with Crippen molar-refractivity contribution in [2.24, 2.45) is 0 Å². The lowest BCUT2D eigenvalue weighted by Crippen LogP contribution is -2.38. The molecule has 2 aromatic rings. The van der Waals surface area contributed by atoms with E-state index in [2.05, 4.69) is 21.9 Å². The highest BCUT2D eigenvalue weighted by Crippen LogP contribution is 2.26. The highest BCUT2D eigenvalue weighted by molar-refractivity contribution is 5.95. The van der Waals surface area contributed by atoms with Crippen LogP contribution >= 0.6 is 0 Å². The molecule has 0 radical (unpaired) electrons. The lowest BCUT2D eigenvalue weighted by molar-refractivity contribution is -0.118. The smallest absolute Gasteiger partial charge is 0.320 e. The Labute approximate surface area is 140 Å². The summed E-state index contributed by atoms with van der Waals surface area (Å²) in [6.45, 7) is 2.73. The average molecular weight is 328 g/mol. The van der Waals surface area contributed by atoms with Crippen LogP contribution in [0.25, 0.3) is 0 Å². The molecule has 0 aliphatic carbocycles. The van der Waals surface area contributed by atoms with E-state index in [0.717, 1.165) is 25.1 Å². The third-order valence-corrected chi connectivity index (χ3v) is 3.91. The molecule has 0 spiro atoms. The molecule has 0 saturated carbocycles. The summed E-state index contributed by atoms with van der Waals surface area (Å²) in [4.78, 5) is 26.0. The number of aromatic nitrogens is 1. The fourth-order valence-electron chi connectivity index (χ4n) is 2.80. The summed E-state index contributed by atoms with van der Waals surface area (Å²) in [5.41, 5.74) is 2.18. The average Bonchev–Trinajstić information content (AvgIpc) is 2.99. The Balaban J connectivity index is 1.49. The van der Waals surface area contributed by atoms with Gasteiger partial charge in [0, 0.05) is 31.3 Å². The molecular weight excluding hydrogens is 308 g/mol. The van der Waals surface area contributed by atoms with E-state index in [1.54, 1.807) is 17.9 Å². The number of anilines is 2. The summed E-state index contributed by atoms with van der Waals surface area (Å²) in [5, 5.41) is 8.88. The summed E-state index contributed by atoms with van der Waals surface area (Å²) in [7, 11) is 0. The van der Waals surface area contributed by atoms with Gasteiger partial charge in [0.1, 0.15) is 5.76 Å². The number of nitrogens with one attached hydrogen (secondary N) is 2. The van der Waals surface area contributed by atoms with Gasteiger partial charge in [-0.3, -0.25) is 10.1 Å². The number of hydrogen-bond donors (Lipinski definition) is 2. The topological polar surface area (TPSA) is 87.5 Å². The van der Waals surface area contributed by atoms with Gasteiger partial charge in [-0.05, 0) is 31.4 Å². The van der Waals surface area contributed by atoms with Gasteiger partial charge in [0.25, 0.3) is 0 Å². The summed E-state index contributed by atoms with van der Waals surface area (Å²) < 4.78 is 4.87. The van der Waals surface area contributed by atoms with Crippen LogP contribution in [0, 0.1) is 6.92 Å². The third-order valence-electron chi connectivity index (χ3n) is 3.91. The molecule has 2 heterocycles. The molecule has 3 rings (SSSR count). The summed E-state index contributed by atoms with van der Waals surface area (Å²) in [6, 6.07) is 9.17. The van der Waals surface area contributed by atoms with Crippen LogP contribution in [-0.4, -0.2) is 30.2 Å². The van der Waals surface area contributed by atoms with Gasteiger partial charge in [0.15, 0.2) is 5.82 Å². The van der Waals surface area contributed by atoms with Crippen LogP contribution in [0.5, 0.6) is 0 Å². The van der Waals surface area contributed by atoms with Crippen LogP contribution in [0.3, 0.4) is 0 Å². The molecule has 7 nitrogen and oxygen atoms in total. The Kier molecular flexibility index (Phi) is 4.79. The van der Waals surface area contributed by atoms with E-state index in [9.17, 15) is 9.59 Å². The Bertz CT molecular complexity index is 741. The van der Waals surface area contributed by atoms with E-state index >= 15 is 0 Å². The summed E-state index contributed by atoms with van der Waals surface area (Å²) >= 11 is 0. The van der Waals surface area contributed by atoms with E-state index in [-0.39, 0.29) is 18.9 Å². The highest BCUT2D eigenvalue weighted by Gasteiger charge is 2.21. The maximum Gasteiger partial charge on any atom is 0.320 e. The minimum atomic E-state index is -0.407. The van der Waals surface area contributed by atoms with E-state index in [0.29, 0.717) is 11.6 Å². The normalized spacial score (nSPS) is 13.3. The Hall–Kier alpha value is -2.83. The number of urea groups is 1. The molecule has 1 aliphatic rings. The number of hydrogen-bond acceptors (Lipinski definition) is 4. The zero-order chi connectivity index (χ0) is 16.9. The molecule has 0 unspecified atom stereocenters. The summed E-state index contributed by atoms with van der Waals surface area (Å²) in [5.74, 6) is 0.977. The van der Waals surface area contributed by atoms with Crippen molar-refractivity contribution in [1.82, 2.24) is 10.5 Å². The molecule has 1 aromatic carbocycles. The van der Waals surface area contributed by atoms with Crippen LogP contribution < -0.4 is 15.5 Å². The molecule has 126 valence electrons. The first kappa shape index (κ1) is 16.0. The SMILES string of the molecule is Cc1cc(NC(=O)NCCC(=O)N2CCCc3ccccc32)no1. The monoisotopic (exact) mass is 328 g/mol. The molecule has 0 bridgehead atoms. The molecule has 7 heteroatoms. The molecule has 1 aromatic heterocycles.